The Labute approximate surface area is 219 Å². The lowest BCUT2D eigenvalue weighted by molar-refractivity contribution is -0.117. The van der Waals surface area contributed by atoms with Crippen LogP contribution in [0.2, 0.25) is 0 Å². The molecule has 1 aliphatic carbocycles. The number of hydrogen-bond donors (Lipinski definition) is 2. The van der Waals surface area contributed by atoms with Gasteiger partial charge in [-0.15, -0.1) is 0 Å². The number of carbonyl (C=O) groups is 2. The van der Waals surface area contributed by atoms with E-state index in [1.807, 2.05) is 25.1 Å². The summed E-state index contributed by atoms with van der Waals surface area (Å²) in [5.41, 5.74) is 1.76. The number of aromatic nitrogens is 1. The largest absolute Gasteiger partial charge is 0.492 e. The number of rotatable bonds is 8. The molecule has 2 amide bonds. The predicted octanol–water partition coefficient (Wildman–Crippen LogP) is 3.32. The number of benzene rings is 1. The maximum absolute atomic E-state index is 12.5. The van der Waals surface area contributed by atoms with Gasteiger partial charge in [-0.2, -0.15) is 0 Å². The summed E-state index contributed by atoms with van der Waals surface area (Å²) in [6, 6.07) is 5.82. The molecule has 2 aromatic rings. The van der Waals surface area contributed by atoms with Gasteiger partial charge in [0.25, 0.3) is 5.91 Å². The molecule has 0 unspecified atom stereocenters. The number of amidine groups is 1. The molecule has 190 valence electrons. The molecular formula is C25H30N6O3S2. The Hall–Kier alpha value is -2.73. The van der Waals surface area contributed by atoms with E-state index in [0.29, 0.717) is 21.8 Å². The number of likely N-dealkylation sites (N-methyl/N-ethyl adjacent to an activating group) is 1. The number of nitrogens with one attached hydrogen (secondary N) is 2. The van der Waals surface area contributed by atoms with Crippen LogP contribution in [-0.2, 0) is 9.59 Å². The zero-order chi connectivity index (χ0) is 25.1. The Morgan fingerprint density at radius 3 is 2.86 bits per heavy atom. The third-order valence-corrected chi connectivity index (χ3v) is 8.06. The highest BCUT2D eigenvalue weighted by molar-refractivity contribution is 8.18. The van der Waals surface area contributed by atoms with Crippen molar-refractivity contribution in [3.8, 4) is 5.75 Å². The number of ether oxygens (including phenoxy) is 1. The van der Waals surface area contributed by atoms with E-state index in [1.54, 1.807) is 12.3 Å². The number of amides is 2. The summed E-state index contributed by atoms with van der Waals surface area (Å²) in [5, 5.41) is 6.75. The van der Waals surface area contributed by atoms with E-state index >= 15 is 0 Å². The van der Waals surface area contributed by atoms with Gasteiger partial charge in [-0.25, -0.2) is 9.98 Å². The van der Waals surface area contributed by atoms with Crippen molar-refractivity contribution in [2.45, 2.75) is 19.8 Å². The van der Waals surface area contributed by atoms with E-state index < -0.39 is 0 Å². The molecule has 3 heterocycles. The summed E-state index contributed by atoms with van der Waals surface area (Å²) < 4.78 is 5.97. The van der Waals surface area contributed by atoms with Crippen LogP contribution in [0.25, 0.3) is 6.08 Å². The van der Waals surface area contributed by atoms with Crippen LogP contribution < -0.4 is 15.4 Å². The maximum atomic E-state index is 12.5. The van der Waals surface area contributed by atoms with Gasteiger partial charge in [0.15, 0.2) is 10.3 Å². The summed E-state index contributed by atoms with van der Waals surface area (Å²) in [7, 11) is 2.16. The van der Waals surface area contributed by atoms with Crippen LogP contribution in [0.5, 0.6) is 5.75 Å². The van der Waals surface area contributed by atoms with Gasteiger partial charge in [0.05, 0.1) is 15.5 Å². The van der Waals surface area contributed by atoms with Gasteiger partial charge < -0.3 is 20.3 Å². The van der Waals surface area contributed by atoms with Crippen LogP contribution >= 0.6 is 23.1 Å². The van der Waals surface area contributed by atoms with Crippen molar-refractivity contribution < 1.29 is 14.3 Å². The average Bonchev–Trinajstić information content (AvgIpc) is 3.53. The van der Waals surface area contributed by atoms with Crippen molar-refractivity contribution >= 4 is 57.0 Å². The molecule has 0 bridgehead atoms. The van der Waals surface area contributed by atoms with Crippen molar-refractivity contribution in [3.05, 3.63) is 39.7 Å². The summed E-state index contributed by atoms with van der Waals surface area (Å²) in [5.74, 6) is 0.769. The number of hydrogen-bond acceptors (Lipinski definition) is 9. The monoisotopic (exact) mass is 526 g/mol. The Bertz CT molecular complexity index is 1200. The second-order valence-corrected chi connectivity index (χ2v) is 11.3. The molecule has 2 saturated heterocycles. The third-order valence-electron chi connectivity index (χ3n) is 6.29. The van der Waals surface area contributed by atoms with Gasteiger partial charge in [0.2, 0.25) is 5.91 Å². The summed E-state index contributed by atoms with van der Waals surface area (Å²) >= 11 is 2.64. The molecule has 1 saturated carbocycles. The Morgan fingerprint density at radius 2 is 2.11 bits per heavy atom. The first-order valence-electron chi connectivity index (χ1n) is 12.1. The van der Waals surface area contributed by atoms with Crippen molar-refractivity contribution in [1.29, 1.82) is 0 Å². The molecule has 9 nitrogen and oxygen atoms in total. The SMILES string of the molecule is Cc1cc(OCCN2CCN(C)CC2)ccc1/N=C1/NC(=O)/C(=C/c2cnc(NC(=O)C3CC3)s2)S1. The van der Waals surface area contributed by atoms with Crippen LogP contribution in [0.1, 0.15) is 23.3 Å². The summed E-state index contributed by atoms with van der Waals surface area (Å²) in [6.07, 6.45) is 5.32. The molecule has 2 N–H and O–H groups in total. The van der Waals surface area contributed by atoms with E-state index in [-0.39, 0.29) is 17.7 Å². The van der Waals surface area contributed by atoms with E-state index in [1.165, 1.54) is 23.1 Å². The lowest BCUT2D eigenvalue weighted by Gasteiger charge is -2.32. The summed E-state index contributed by atoms with van der Waals surface area (Å²) in [4.78, 5) is 39.4. The highest BCUT2D eigenvalue weighted by Crippen LogP contribution is 2.33. The van der Waals surface area contributed by atoms with Crippen LogP contribution in [0.15, 0.2) is 34.3 Å². The second kappa shape index (κ2) is 11.1. The maximum Gasteiger partial charge on any atom is 0.264 e. The molecule has 0 spiro atoms. The zero-order valence-corrected chi connectivity index (χ0v) is 22.1. The number of carbonyl (C=O) groups excluding carboxylic acids is 2. The van der Waals surface area contributed by atoms with E-state index in [0.717, 1.165) is 67.4 Å². The molecule has 0 atom stereocenters. The van der Waals surface area contributed by atoms with Gasteiger partial charge in [0.1, 0.15) is 12.4 Å². The van der Waals surface area contributed by atoms with E-state index in [4.69, 9.17) is 4.74 Å². The number of aryl methyl sites for hydroxylation is 1. The minimum atomic E-state index is -0.197. The highest BCUT2D eigenvalue weighted by atomic mass is 32.2. The molecule has 2 aliphatic heterocycles. The highest BCUT2D eigenvalue weighted by Gasteiger charge is 2.30. The standard InChI is InChI=1S/C25H30N6O3S2/c1-16-13-18(34-12-11-31-9-7-30(2)8-10-31)5-6-20(16)27-25-29-23(33)21(36-25)14-19-15-26-24(35-19)28-22(32)17-3-4-17/h5-6,13-15,17H,3-4,7-12H2,1-2H3,(H,26,28,32)(H,27,29,33)/b21-14-. The van der Waals surface area contributed by atoms with Gasteiger partial charge in [-0.3, -0.25) is 14.5 Å². The van der Waals surface area contributed by atoms with Crippen LogP contribution in [0.4, 0.5) is 10.8 Å². The molecule has 5 rings (SSSR count). The minimum Gasteiger partial charge on any atom is -0.492 e. The molecule has 36 heavy (non-hydrogen) atoms. The Balaban J connectivity index is 1.16. The molecule has 3 fully saturated rings. The third kappa shape index (κ3) is 6.52. The fourth-order valence-corrected chi connectivity index (χ4v) is 5.55. The van der Waals surface area contributed by atoms with Crippen LogP contribution in [-0.4, -0.2) is 78.1 Å². The molecule has 1 aromatic heterocycles. The van der Waals surface area contributed by atoms with E-state index in [9.17, 15) is 9.59 Å². The van der Waals surface area contributed by atoms with Gasteiger partial charge in [-0.05, 0) is 68.4 Å². The van der Waals surface area contributed by atoms with Crippen LogP contribution in [0, 0.1) is 12.8 Å². The normalized spacial score (nSPS) is 21.2. The molecule has 0 radical (unpaired) electrons. The Morgan fingerprint density at radius 1 is 1.31 bits per heavy atom. The average molecular weight is 527 g/mol. The molecule has 11 heteroatoms. The zero-order valence-electron chi connectivity index (χ0n) is 20.5. The first-order valence-corrected chi connectivity index (χ1v) is 13.8. The number of piperazine rings is 1. The van der Waals surface area contributed by atoms with Gasteiger partial charge >= 0.3 is 0 Å². The van der Waals surface area contributed by atoms with Gasteiger partial charge in [0, 0.05) is 44.8 Å². The van der Waals surface area contributed by atoms with Crippen molar-refractivity contribution in [3.63, 3.8) is 0 Å². The van der Waals surface area contributed by atoms with Crippen molar-refractivity contribution in [1.82, 2.24) is 20.1 Å². The number of thiazole rings is 1. The lowest BCUT2D eigenvalue weighted by Crippen LogP contribution is -2.45. The lowest BCUT2D eigenvalue weighted by atomic mass is 10.2. The molecule has 3 aliphatic rings. The number of nitrogens with zero attached hydrogens (tertiary/aromatic N) is 4. The second-order valence-electron chi connectivity index (χ2n) is 9.25. The first-order chi connectivity index (χ1) is 17.4. The van der Waals surface area contributed by atoms with E-state index in [2.05, 4.69) is 37.5 Å². The fraction of sp³-hybridized carbons (Fsp3) is 0.440. The van der Waals surface area contributed by atoms with Crippen molar-refractivity contribution in [2.24, 2.45) is 10.9 Å². The number of aliphatic imine (C=N–C) groups is 1. The first kappa shape index (κ1) is 24.9. The fourth-order valence-electron chi connectivity index (χ4n) is 3.89. The number of thioether (sulfide) groups is 1. The predicted molar refractivity (Wildman–Crippen MR) is 145 cm³/mol. The molecule has 1 aromatic carbocycles. The van der Waals surface area contributed by atoms with Gasteiger partial charge in [-0.1, -0.05) is 11.3 Å². The topological polar surface area (TPSA) is 99.2 Å². The Kier molecular flexibility index (Phi) is 7.70. The minimum absolute atomic E-state index is 0.0211. The molecular weight excluding hydrogens is 496 g/mol. The van der Waals surface area contributed by atoms with Crippen LogP contribution in [0.3, 0.4) is 0 Å². The van der Waals surface area contributed by atoms with Crippen molar-refractivity contribution in [2.75, 3.05) is 51.7 Å². The smallest absolute Gasteiger partial charge is 0.264 e. The summed E-state index contributed by atoms with van der Waals surface area (Å²) in [6.45, 7) is 7.92. The number of anilines is 1. The quantitative estimate of drug-likeness (QED) is 0.509.